The molecule has 0 radical (unpaired) electrons. The number of hydrogen-bond donors (Lipinski definition) is 1. The van der Waals surface area contributed by atoms with Crippen LogP contribution in [0.4, 0.5) is 0 Å². The molecule has 1 saturated carbocycles. The van der Waals surface area contributed by atoms with Gasteiger partial charge in [0.05, 0.1) is 6.61 Å². The predicted octanol–water partition coefficient (Wildman–Crippen LogP) is 3.82. The van der Waals surface area contributed by atoms with Crippen molar-refractivity contribution in [3.8, 4) is 0 Å². The molecule has 0 atom stereocenters. The van der Waals surface area contributed by atoms with Crippen molar-refractivity contribution >= 4 is 29.9 Å². The summed E-state index contributed by atoms with van der Waals surface area (Å²) in [7, 11) is 2.10. The van der Waals surface area contributed by atoms with E-state index in [9.17, 15) is 0 Å². The van der Waals surface area contributed by atoms with Crippen LogP contribution in [0.1, 0.15) is 51.9 Å². The number of ether oxygens (including phenoxy) is 1. The molecule has 0 aromatic rings. The van der Waals surface area contributed by atoms with Crippen molar-refractivity contribution in [3.05, 3.63) is 11.6 Å². The van der Waals surface area contributed by atoms with E-state index in [4.69, 9.17) is 9.73 Å². The maximum Gasteiger partial charge on any atom is 0.193 e. The van der Waals surface area contributed by atoms with Crippen molar-refractivity contribution in [2.75, 3.05) is 39.9 Å². The molecule has 0 unspecified atom stereocenters. The topological polar surface area (TPSA) is 36.9 Å². The Morgan fingerprint density at radius 2 is 2.22 bits per heavy atom. The lowest BCUT2D eigenvalue weighted by Gasteiger charge is -2.22. The number of halogens is 1. The van der Waals surface area contributed by atoms with E-state index in [0.717, 1.165) is 51.1 Å². The molecule has 5 heteroatoms. The van der Waals surface area contributed by atoms with Gasteiger partial charge >= 0.3 is 0 Å². The molecule has 0 aromatic heterocycles. The number of hydrogen-bond acceptors (Lipinski definition) is 2. The van der Waals surface area contributed by atoms with Gasteiger partial charge in [-0.2, -0.15) is 0 Å². The molecule has 1 N–H and O–H groups in total. The summed E-state index contributed by atoms with van der Waals surface area (Å²) < 4.78 is 5.72. The monoisotopic (exact) mass is 435 g/mol. The van der Waals surface area contributed by atoms with Crippen LogP contribution >= 0.6 is 24.0 Å². The van der Waals surface area contributed by atoms with Gasteiger partial charge in [-0.15, -0.1) is 24.0 Å². The number of likely N-dealkylation sites (N-methyl/N-ethyl adjacent to an activating group) is 1. The number of allylic oxidation sites excluding steroid dienone is 1. The number of guanidine groups is 1. The highest BCUT2D eigenvalue weighted by Gasteiger charge is 2.21. The second kappa shape index (κ2) is 12.1. The summed E-state index contributed by atoms with van der Waals surface area (Å²) in [4.78, 5) is 6.95. The maximum absolute atomic E-state index is 5.72. The molecule has 0 saturated heterocycles. The first-order valence-corrected chi connectivity index (χ1v) is 9.04. The Morgan fingerprint density at radius 3 is 2.87 bits per heavy atom. The molecule has 0 aromatic carbocycles. The lowest BCUT2D eigenvalue weighted by Crippen LogP contribution is -2.40. The molecule has 0 spiro atoms. The van der Waals surface area contributed by atoms with Crippen molar-refractivity contribution in [2.45, 2.75) is 51.9 Å². The highest BCUT2D eigenvalue weighted by Crippen LogP contribution is 2.28. The van der Waals surface area contributed by atoms with Gasteiger partial charge in [0.25, 0.3) is 0 Å². The van der Waals surface area contributed by atoms with Gasteiger partial charge in [0.1, 0.15) is 0 Å². The second-order valence-corrected chi connectivity index (χ2v) is 6.53. The van der Waals surface area contributed by atoms with E-state index in [2.05, 4.69) is 30.3 Å². The largest absolute Gasteiger partial charge is 0.379 e. The van der Waals surface area contributed by atoms with Crippen molar-refractivity contribution in [2.24, 2.45) is 10.9 Å². The van der Waals surface area contributed by atoms with E-state index < -0.39 is 0 Å². The quantitative estimate of drug-likeness (QED) is 0.197. The van der Waals surface area contributed by atoms with Crippen molar-refractivity contribution in [1.29, 1.82) is 0 Å². The lowest BCUT2D eigenvalue weighted by molar-refractivity contribution is 0.115. The highest BCUT2D eigenvalue weighted by molar-refractivity contribution is 14.0. The van der Waals surface area contributed by atoms with Gasteiger partial charge in [-0.05, 0) is 57.8 Å². The van der Waals surface area contributed by atoms with Gasteiger partial charge < -0.3 is 15.0 Å². The minimum atomic E-state index is 0. The average molecular weight is 435 g/mol. The summed E-state index contributed by atoms with van der Waals surface area (Å²) in [6.07, 6.45) is 11.5. The Kier molecular flexibility index (Phi) is 10.9. The predicted molar refractivity (Wildman–Crippen MR) is 109 cm³/mol. The minimum Gasteiger partial charge on any atom is -0.379 e. The summed E-state index contributed by atoms with van der Waals surface area (Å²) in [5.74, 6) is 1.85. The average Bonchev–Trinajstić information content (AvgIpc) is 3.36. The summed E-state index contributed by atoms with van der Waals surface area (Å²) in [6, 6.07) is 0. The molecule has 2 aliphatic rings. The van der Waals surface area contributed by atoms with Crippen molar-refractivity contribution < 1.29 is 4.74 Å². The van der Waals surface area contributed by atoms with Crippen LogP contribution in [-0.4, -0.2) is 50.8 Å². The number of nitrogens with zero attached hydrogens (tertiary/aromatic N) is 2. The van der Waals surface area contributed by atoms with Crippen LogP contribution in [0.5, 0.6) is 0 Å². The van der Waals surface area contributed by atoms with E-state index >= 15 is 0 Å². The zero-order chi connectivity index (χ0) is 15.6. The first-order valence-electron chi connectivity index (χ1n) is 9.04. The molecule has 134 valence electrons. The third-order valence-electron chi connectivity index (χ3n) is 4.40. The minimum absolute atomic E-state index is 0. The Bertz CT molecular complexity index is 380. The van der Waals surface area contributed by atoms with Gasteiger partial charge in [0, 0.05) is 33.3 Å². The van der Waals surface area contributed by atoms with Gasteiger partial charge in [0.15, 0.2) is 5.96 Å². The zero-order valence-electron chi connectivity index (χ0n) is 14.9. The molecule has 0 bridgehead atoms. The zero-order valence-corrected chi connectivity index (χ0v) is 17.2. The first kappa shape index (κ1) is 20.7. The summed E-state index contributed by atoms with van der Waals surface area (Å²) >= 11 is 0. The van der Waals surface area contributed by atoms with Crippen LogP contribution in [0.3, 0.4) is 0 Å². The van der Waals surface area contributed by atoms with Crippen LogP contribution in [-0.2, 0) is 4.74 Å². The number of aliphatic imine (C=N–C) groups is 1. The Hall–Kier alpha value is -0.300. The molecule has 0 amide bonds. The lowest BCUT2D eigenvalue weighted by atomic mass is 9.97. The van der Waals surface area contributed by atoms with Crippen LogP contribution in [0.15, 0.2) is 16.6 Å². The van der Waals surface area contributed by atoms with E-state index in [0.29, 0.717) is 0 Å². The van der Waals surface area contributed by atoms with Crippen molar-refractivity contribution in [1.82, 2.24) is 10.2 Å². The third-order valence-corrected chi connectivity index (χ3v) is 4.40. The fourth-order valence-electron chi connectivity index (χ4n) is 2.75. The molecule has 2 rings (SSSR count). The fourth-order valence-corrected chi connectivity index (χ4v) is 2.75. The molecule has 1 fully saturated rings. The third kappa shape index (κ3) is 8.94. The molecule has 0 aliphatic heterocycles. The number of nitrogens with one attached hydrogen (secondary N) is 1. The normalized spacial score (nSPS) is 18.2. The number of rotatable bonds is 9. The van der Waals surface area contributed by atoms with E-state index in [-0.39, 0.29) is 24.0 Å². The second-order valence-electron chi connectivity index (χ2n) is 6.53. The summed E-state index contributed by atoms with van der Waals surface area (Å²) in [6.45, 7) is 6.56. The van der Waals surface area contributed by atoms with Crippen LogP contribution in [0.25, 0.3) is 0 Å². The molecule has 4 nitrogen and oxygen atoms in total. The molecule has 23 heavy (non-hydrogen) atoms. The van der Waals surface area contributed by atoms with Gasteiger partial charge in [-0.3, -0.25) is 4.99 Å². The van der Waals surface area contributed by atoms with E-state index in [1.165, 1.54) is 38.5 Å². The fraction of sp³-hybridized carbons (Fsp3) is 0.833. The van der Waals surface area contributed by atoms with Gasteiger partial charge in [-0.25, -0.2) is 0 Å². The first-order chi connectivity index (χ1) is 10.8. The maximum atomic E-state index is 5.72. The Balaban J connectivity index is 0.00000264. The van der Waals surface area contributed by atoms with Gasteiger partial charge in [-0.1, -0.05) is 11.6 Å². The summed E-state index contributed by atoms with van der Waals surface area (Å²) in [5, 5.41) is 3.38. The molecular weight excluding hydrogens is 401 g/mol. The van der Waals surface area contributed by atoms with Gasteiger partial charge in [0.2, 0.25) is 0 Å². The summed E-state index contributed by atoms with van der Waals surface area (Å²) in [5.41, 5.74) is 1.60. The SMILES string of the molecule is CCNC(=NCCC1=CCCCC1)N(C)CCOCC1CC1.I. The smallest absolute Gasteiger partial charge is 0.193 e. The van der Waals surface area contributed by atoms with E-state index in [1.54, 1.807) is 5.57 Å². The molecule has 0 heterocycles. The Labute approximate surface area is 159 Å². The highest BCUT2D eigenvalue weighted by atomic mass is 127. The van der Waals surface area contributed by atoms with E-state index in [1.807, 2.05) is 0 Å². The molecule has 2 aliphatic carbocycles. The van der Waals surface area contributed by atoms with Crippen LogP contribution in [0, 0.1) is 5.92 Å². The van der Waals surface area contributed by atoms with Crippen molar-refractivity contribution in [3.63, 3.8) is 0 Å². The van der Waals surface area contributed by atoms with Crippen LogP contribution in [0.2, 0.25) is 0 Å². The Morgan fingerprint density at radius 1 is 1.39 bits per heavy atom. The van der Waals surface area contributed by atoms with Crippen LogP contribution < -0.4 is 5.32 Å². The standard InChI is InChI=1S/C18H33N3O.HI/c1-3-19-18(20-12-11-16-7-5-4-6-8-16)21(2)13-14-22-15-17-9-10-17;/h7,17H,3-6,8-15H2,1-2H3,(H,19,20);1H. The molecular formula is C18H34IN3O.